The van der Waals surface area contributed by atoms with E-state index in [-0.39, 0.29) is 10.8 Å². The number of halogens is 3. The number of ether oxygens (including phenoxy) is 2. The van der Waals surface area contributed by atoms with E-state index in [9.17, 15) is 4.39 Å². The second-order valence-corrected chi connectivity index (χ2v) is 8.69. The molecule has 174 valence electrons. The molecule has 9 heteroatoms. The molecule has 2 N–H and O–H groups in total. The van der Waals surface area contributed by atoms with Crippen LogP contribution in [0.1, 0.15) is 31.4 Å². The van der Waals surface area contributed by atoms with Gasteiger partial charge in [0, 0.05) is 46.7 Å². The zero-order chi connectivity index (χ0) is 23.4. The summed E-state index contributed by atoms with van der Waals surface area (Å²) in [5.74, 6) is 0.536. The van der Waals surface area contributed by atoms with Gasteiger partial charge in [0.15, 0.2) is 11.6 Å². The molecule has 1 aromatic carbocycles. The molecule has 0 spiro atoms. The van der Waals surface area contributed by atoms with E-state index in [1.165, 1.54) is 25.0 Å². The van der Waals surface area contributed by atoms with Gasteiger partial charge in [-0.3, -0.25) is 4.90 Å². The summed E-state index contributed by atoms with van der Waals surface area (Å²) < 4.78 is 25.6. The predicted molar refractivity (Wildman–Crippen MR) is 129 cm³/mol. The summed E-state index contributed by atoms with van der Waals surface area (Å²) in [5.41, 5.74) is 7.95. The van der Waals surface area contributed by atoms with Gasteiger partial charge in [-0.25, -0.2) is 14.4 Å². The van der Waals surface area contributed by atoms with Gasteiger partial charge < -0.3 is 15.2 Å². The molecule has 0 aliphatic carbocycles. The number of nitrogens with two attached hydrogens (primary N) is 1. The lowest BCUT2D eigenvalue weighted by atomic mass is 10.1. The Kier molecular flexibility index (Phi) is 7.53. The molecule has 3 aromatic rings. The Balaban J connectivity index is 1.45. The van der Waals surface area contributed by atoms with Crippen molar-refractivity contribution in [3.63, 3.8) is 0 Å². The molecule has 3 heterocycles. The molecule has 1 aliphatic heterocycles. The Labute approximate surface area is 202 Å². The fraction of sp³-hybridized carbons (Fsp3) is 0.333. The monoisotopic (exact) mass is 490 g/mol. The van der Waals surface area contributed by atoms with E-state index in [0.717, 1.165) is 30.8 Å². The van der Waals surface area contributed by atoms with Gasteiger partial charge in [-0.1, -0.05) is 23.2 Å². The second-order valence-electron chi connectivity index (χ2n) is 7.91. The van der Waals surface area contributed by atoms with Crippen molar-refractivity contribution < 1.29 is 13.9 Å². The highest BCUT2D eigenvalue weighted by Crippen LogP contribution is 2.37. The van der Waals surface area contributed by atoms with E-state index in [0.29, 0.717) is 28.8 Å². The first-order valence-corrected chi connectivity index (χ1v) is 11.5. The third-order valence-electron chi connectivity index (χ3n) is 5.60. The summed E-state index contributed by atoms with van der Waals surface area (Å²) in [7, 11) is 0. The highest BCUT2D eigenvalue weighted by Gasteiger charge is 2.20. The van der Waals surface area contributed by atoms with Crippen LogP contribution in [0.2, 0.25) is 10.0 Å². The molecule has 0 radical (unpaired) electrons. The van der Waals surface area contributed by atoms with Crippen molar-refractivity contribution in [2.45, 2.75) is 25.9 Å². The Bertz CT molecular complexity index is 1110. The molecule has 0 saturated carbocycles. The van der Waals surface area contributed by atoms with Crippen LogP contribution in [-0.2, 0) is 0 Å². The summed E-state index contributed by atoms with van der Waals surface area (Å²) in [6, 6.07) is 8.13. The zero-order valence-corrected chi connectivity index (χ0v) is 19.7. The fourth-order valence-electron chi connectivity index (χ4n) is 3.79. The first-order valence-electron chi connectivity index (χ1n) is 10.8. The molecular weight excluding hydrogens is 466 g/mol. The minimum Gasteiger partial charge on any atom is -0.482 e. The highest BCUT2D eigenvalue weighted by molar-refractivity contribution is 6.36. The van der Waals surface area contributed by atoms with Crippen molar-refractivity contribution >= 4 is 29.0 Å². The molecule has 1 saturated heterocycles. The van der Waals surface area contributed by atoms with Crippen molar-refractivity contribution in [3.05, 3.63) is 64.2 Å². The van der Waals surface area contributed by atoms with Crippen molar-refractivity contribution in [2.24, 2.45) is 0 Å². The molecule has 1 aliphatic rings. The van der Waals surface area contributed by atoms with Gasteiger partial charge in [0.1, 0.15) is 18.5 Å². The third-order valence-corrected chi connectivity index (χ3v) is 6.31. The zero-order valence-electron chi connectivity index (χ0n) is 18.2. The lowest BCUT2D eigenvalue weighted by Crippen LogP contribution is -2.25. The number of aromatic nitrogens is 2. The topological polar surface area (TPSA) is 73.5 Å². The number of hydrogen-bond acceptors (Lipinski definition) is 6. The molecule has 4 rings (SSSR count). The van der Waals surface area contributed by atoms with Gasteiger partial charge in [0.05, 0.1) is 5.02 Å². The van der Waals surface area contributed by atoms with Crippen LogP contribution in [0.15, 0.2) is 42.7 Å². The van der Waals surface area contributed by atoms with E-state index in [4.69, 9.17) is 38.4 Å². The molecule has 0 bridgehead atoms. The van der Waals surface area contributed by atoms with Crippen LogP contribution in [0.25, 0.3) is 11.1 Å². The van der Waals surface area contributed by atoms with E-state index in [2.05, 4.69) is 14.9 Å². The Hall–Kier alpha value is -2.61. The maximum atomic E-state index is 13.9. The minimum absolute atomic E-state index is 0.0813. The van der Waals surface area contributed by atoms with Crippen LogP contribution < -0.4 is 15.2 Å². The van der Waals surface area contributed by atoms with Crippen molar-refractivity contribution in [1.29, 1.82) is 0 Å². The van der Waals surface area contributed by atoms with Gasteiger partial charge in [-0.15, -0.1) is 0 Å². The standard InChI is InChI=1S/C24H25Cl2FN4O2/c1-15(22-18(25)5-6-19(27)23(22)26)33-20-12-17(14-30-24(20)28)16-4-7-21(29-13-16)32-11-10-31-8-2-3-9-31/h4-7,12-15H,2-3,8-11H2,1H3,(H2,28,30). The fourth-order valence-corrected chi connectivity index (χ4v) is 4.47. The highest BCUT2D eigenvalue weighted by atomic mass is 35.5. The average Bonchev–Trinajstić information content (AvgIpc) is 3.32. The van der Waals surface area contributed by atoms with Gasteiger partial charge in [-0.2, -0.15) is 0 Å². The van der Waals surface area contributed by atoms with Crippen LogP contribution in [0.5, 0.6) is 11.6 Å². The summed E-state index contributed by atoms with van der Waals surface area (Å²) in [5, 5.41) is 0.225. The normalized spacial score (nSPS) is 14.9. The average molecular weight is 491 g/mol. The Morgan fingerprint density at radius 2 is 1.85 bits per heavy atom. The molecule has 33 heavy (non-hydrogen) atoms. The SMILES string of the molecule is CC(Oc1cc(-c2ccc(OCCN3CCCC3)nc2)cnc1N)c1c(Cl)ccc(F)c1Cl. The van der Waals surface area contributed by atoms with Crippen molar-refractivity contribution in [1.82, 2.24) is 14.9 Å². The largest absolute Gasteiger partial charge is 0.482 e. The van der Waals surface area contributed by atoms with Crippen LogP contribution in [-0.4, -0.2) is 41.1 Å². The Morgan fingerprint density at radius 1 is 1.09 bits per heavy atom. The van der Waals surface area contributed by atoms with Crippen molar-refractivity contribution in [3.8, 4) is 22.8 Å². The number of benzene rings is 1. The van der Waals surface area contributed by atoms with E-state index in [1.807, 2.05) is 12.1 Å². The second kappa shape index (κ2) is 10.5. The maximum Gasteiger partial charge on any atom is 0.213 e. The lowest BCUT2D eigenvalue weighted by Gasteiger charge is -2.19. The summed E-state index contributed by atoms with van der Waals surface area (Å²) in [6.07, 6.45) is 5.22. The van der Waals surface area contributed by atoms with E-state index in [1.54, 1.807) is 25.4 Å². The molecule has 1 unspecified atom stereocenters. The van der Waals surface area contributed by atoms with E-state index < -0.39 is 11.9 Å². The number of anilines is 1. The molecule has 1 atom stereocenters. The molecular formula is C24H25Cl2FN4O2. The van der Waals surface area contributed by atoms with Crippen molar-refractivity contribution in [2.75, 3.05) is 32.0 Å². The number of pyridine rings is 2. The predicted octanol–water partition coefficient (Wildman–Crippen LogP) is 5.79. The quantitative estimate of drug-likeness (QED) is 0.403. The van der Waals surface area contributed by atoms with Gasteiger partial charge >= 0.3 is 0 Å². The summed E-state index contributed by atoms with van der Waals surface area (Å²) in [6.45, 7) is 5.51. The van der Waals surface area contributed by atoms with Gasteiger partial charge in [0.2, 0.25) is 5.88 Å². The van der Waals surface area contributed by atoms with Crippen LogP contribution >= 0.6 is 23.2 Å². The van der Waals surface area contributed by atoms with Crippen LogP contribution in [0, 0.1) is 5.82 Å². The van der Waals surface area contributed by atoms with Gasteiger partial charge in [0.25, 0.3) is 0 Å². The lowest BCUT2D eigenvalue weighted by molar-refractivity contribution is 0.227. The minimum atomic E-state index is -0.649. The number of nitrogen functional groups attached to an aromatic ring is 1. The summed E-state index contributed by atoms with van der Waals surface area (Å²) in [4.78, 5) is 11.0. The summed E-state index contributed by atoms with van der Waals surface area (Å²) >= 11 is 12.3. The van der Waals surface area contributed by atoms with Crippen LogP contribution in [0.3, 0.4) is 0 Å². The molecule has 1 fully saturated rings. The van der Waals surface area contributed by atoms with Gasteiger partial charge in [-0.05, 0) is 57.1 Å². The molecule has 6 nitrogen and oxygen atoms in total. The molecule has 0 amide bonds. The number of hydrogen-bond donors (Lipinski definition) is 1. The first-order chi connectivity index (χ1) is 15.9. The smallest absolute Gasteiger partial charge is 0.213 e. The third kappa shape index (κ3) is 5.66. The first kappa shape index (κ1) is 23.5. The molecule has 2 aromatic heterocycles. The number of nitrogens with zero attached hydrogens (tertiary/aromatic N) is 3. The number of rotatable bonds is 8. The van der Waals surface area contributed by atoms with E-state index >= 15 is 0 Å². The van der Waals surface area contributed by atoms with Crippen LogP contribution in [0.4, 0.5) is 10.2 Å². The maximum absolute atomic E-state index is 13.9. The Morgan fingerprint density at radius 3 is 2.58 bits per heavy atom. The number of likely N-dealkylation sites (tertiary alicyclic amines) is 1.